The number of fused-ring (bicyclic) bond motifs is 1. The lowest BCUT2D eigenvalue weighted by molar-refractivity contribution is -0.118. The van der Waals surface area contributed by atoms with Gasteiger partial charge in [-0.15, -0.1) is 0 Å². The molecule has 1 aromatic rings. The number of rotatable bonds is 2. The highest BCUT2D eigenvalue weighted by molar-refractivity contribution is 5.95. The molecular weight excluding hydrogens is 196 g/mol. The van der Waals surface area contributed by atoms with Gasteiger partial charge in [-0.05, 0) is 17.7 Å². The fraction of sp³-hybridized carbons (Fsp3) is 0.200. The van der Waals surface area contributed by atoms with Crippen LogP contribution in [0, 0.1) is 0 Å². The summed E-state index contributed by atoms with van der Waals surface area (Å²) in [6.07, 6.45) is 1.47. The van der Waals surface area contributed by atoms with Crippen LogP contribution in [0.4, 0.5) is 5.69 Å². The van der Waals surface area contributed by atoms with Crippen molar-refractivity contribution in [3.63, 3.8) is 0 Å². The fourth-order valence-corrected chi connectivity index (χ4v) is 1.34. The smallest absolute Gasteiger partial charge is 0.262 e. The van der Waals surface area contributed by atoms with Crippen molar-refractivity contribution < 1.29 is 14.3 Å². The first-order valence-electron chi connectivity index (χ1n) is 4.39. The zero-order valence-electron chi connectivity index (χ0n) is 7.82. The Bertz CT molecular complexity index is 450. The molecule has 1 aliphatic rings. The maximum Gasteiger partial charge on any atom is 0.262 e. The minimum Gasteiger partial charge on any atom is -0.482 e. The van der Waals surface area contributed by atoms with Gasteiger partial charge in [0.2, 0.25) is 6.08 Å². The normalized spacial score (nSPS) is 13.2. The molecule has 1 heterocycles. The zero-order valence-corrected chi connectivity index (χ0v) is 7.82. The Morgan fingerprint density at radius 2 is 2.40 bits per heavy atom. The SMILES string of the molecule is O=C=NCc1ccc2c(c1)OCC(=O)N2. The molecule has 15 heavy (non-hydrogen) atoms. The third-order valence-corrected chi connectivity index (χ3v) is 2.01. The molecule has 5 nitrogen and oxygen atoms in total. The number of amides is 1. The Hall–Kier alpha value is -2.13. The fourth-order valence-electron chi connectivity index (χ4n) is 1.34. The number of nitrogens with zero attached hydrogens (tertiary/aromatic N) is 1. The molecule has 2 rings (SSSR count). The van der Waals surface area contributed by atoms with E-state index in [1.165, 1.54) is 6.08 Å². The van der Waals surface area contributed by atoms with Crippen molar-refractivity contribution in [2.75, 3.05) is 11.9 Å². The lowest BCUT2D eigenvalue weighted by Gasteiger charge is -2.18. The minimum absolute atomic E-state index is 0.0212. The van der Waals surface area contributed by atoms with Gasteiger partial charge in [-0.3, -0.25) is 4.79 Å². The molecule has 1 N–H and O–H groups in total. The molecule has 0 spiro atoms. The summed E-state index contributed by atoms with van der Waals surface area (Å²) in [6, 6.07) is 5.24. The average Bonchev–Trinajstić information content (AvgIpc) is 2.26. The molecule has 1 aliphatic heterocycles. The van der Waals surface area contributed by atoms with Crippen molar-refractivity contribution in [3.05, 3.63) is 23.8 Å². The predicted molar refractivity (Wildman–Crippen MR) is 52.4 cm³/mol. The number of ether oxygens (including phenoxy) is 1. The second-order valence-corrected chi connectivity index (χ2v) is 3.07. The second-order valence-electron chi connectivity index (χ2n) is 3.07. The molecular formula is C10H8N2O3. The highest BCUT2D eigenvalue weighted by Gasteiger charge is 2.15. The average molecular weight is 204 g/mol. The van der Waals surface area contributed by atoms with Gasteiger partial charge >= 0.3 is 0 Å². The number of benzene rings is 1. The van der Waals surface area contributed by atoms with E-state index in [-0.39, 0.29) is 19.1 Å². The van der Waals surface area contributed by atoms with E-state index >= 15 is 0 Å². The Kier molecular flexibility index (Phi) is 2.48. The van der Waals surface area contributed by atoms with Crippen molar-refractivity contribution in [3.8, 4) is 5.75 Å². The lowest BCUT2D eigenvalue weighted by Crippen LogP contribution is -2.25. The van der Waals surface area contributed by atoms with E-state index < -0.39 is 0 Å². The molecule has 5 heteroatoms. The summed E-state index contributed by atoms with van der Waals surface area (Å²) in [5.41, 5.74) is 1.48. The molecule has 0 fully saturated rings. The maximum atomic E-state index is 11.0. The molecule has 1 aromatic carbocycles. The van der Waals surface area contributed by atoms with Crippen LogP contribution in [-0.2, 0) is 16.1 Å². The monoisotopic (exact) mass is 204 g/mol. The maximum absolute atomic E-state index is 11.0. The van der Waals surface area contributed by atoms with Gasteiger partial charge in [0.05, 0.1) is 12.2 Å². The van der Waals surface area contributed by atoms with Crippen LogP contribution < -0.4 is 10.1 Å². The summed E-state index contributed by atoms with van der Waals surface area (Å²) in [7, 11) is 0. The molecule has 76 valence electrons. The summed E-state index contributed by atoms with van der Waals surface area (Å²) in [6.45, 7) is 0.293. The Morgan fingerprint density at radius 1 is 1.53 bits per heavy atom. The molecule has 0 saturated carbocycles. The van der Waals surface area contributed by atoms with Gasteiger partial charge in [-0.1, -0.05) is 6.07 Å². The van der Waals surface area contributed by atoms with E-state index in [0.29, 0.717) is 11.4 Å². The summed E-state index contributed by atoms with van der Waals surface area (Å²) in [5, 5.41) is 2.67. The topological polar surface area (TPSA) is 67.8 Å². The quantitative estimate of drug-likeness (QED) is 0.573. The van der Waals surface area contributed by atoms with Gasteiger partial charge in [0.1, 0.15) is 5.75 Å². The molecule has 0 saturated heterocycles. The molecule has 0 aliphatic carbocycles. The van der Waals surface area contributed by atoms with Gasteiger partial charge in [0.15, 0.2) is 6.61 Å². The van der Waals surface area contributed by atoms with E-state index in [4.69, 9.17) is 4.74 Å². The number of hydrogen-bond acceptors (Lipinski definition) is 4. The van der Waals surface area contributed by atoms with Gasteiger partial charge in [0.25, 0.3) is 5.91 Å². The molecule has 0 unspecified atom stereocenters. The number of isocyanates is 1. The number of hydrogen-bond donors (Lipinski definition) is 1. The van der Waals surface area contributed by atoms with E-state index in [1.54, 1.807) is 18.2 Å². The van der Waals surface area contributed by atoms with Gasteiger partial charge in [-0.2, -0.15) is 0 Å². The van der Waals surface area contributed by atoms with E-state index in [0.717, 1.165) is 5.56 Å². The Balaban J connectivity index is 2.26. The van der Waals surface area contributed by atoms with Crippen LogP contribution in [0.1, 0.15) is 5.56 Å². The largest absolute Gasteiger partial charge is 0.482 e. The van der Waals surface area contributed by atoms with E-state index in [9.17, 15) is 9.59 Å². The van der Waals surface area contributed by atoms with Gasteiger partial charge < -0.3 is 10.1 Å². The predicted octanol–water partition coefficient (Wildman–Crippen LogP) is 0.853. The number of anilines is 1. The molecule has 0 aromatic heterocycles. The van der Waals surface area contributed by atoms with Crippen LogP contribution in [0.5, 0.6) is 5.75 Å². The van der Waals surface area contributed by atoms with Gasteiger partial charge in [0, 0.05) is 0 Å². The summed E-state index contributed by atoms with van der Waals surface area (Å²) < 4.78 is 5.20. The highest BCUT2D eigenvalue weighted by Crippen LogP contribution is 2.28. The first kappa shape index (κ1) is 9.43. The Morgan fingerprint density at radius 3 is 3.20 bits per heavy atom. The third-order valence-electron chi connectivity index (χ3n) is 2.01. The standard InChI is InChI=1S/C10H8N2O3/c13-6-11-4-7-1-2-8-9(3-7)15-5-10(14)12-8/h1-3H,4-5H2,(H,12,14). The number of carbonyl (C=O) groups excluding carboxylic acids is 2. The molecule has 1 amide bonds. The van der Waals surface area contributed by atoms with Crippen molar-refractivity contribution >= 4 is 17.7 Å². The first-order valence-corrected chi connectivity index (χ1v) is 4.39. The first-order chi connectivity index (χ1) is 7.29. The number of aliphatic imine (C=N–C) groups is 1. The van der Waals surface area contributed by atoms with Crippen LogP contribution >= 0.6 is 0 Å². The summed E-state index contributed by atoms with van der Waals surface area (Å²) in [5.74, 6) is 0.439. The van der Waals surface area contributed by atoms with Crippen LogP contribution in [-0.4, -0.2) is 18.6 Å². The van der Waals surface area contributed by atoms with Crippen LogP contribution in [0.25, 0.3) is 0 Å². The number of carbonyl (C=O) groups is 1. The van der Waals surface area contributed by atoms with Crippen molar-refractivity contribution in [1.82, 2.24) is 0 Å². The molecule has 0 bridgehead atoms. The second kappa shape index (κ2) is 3.94. The van der Waals surface area contributed by atoms with Crippen LogP contribution in [0.15, 0.2) is 23.2 Å². The van der Waals surface area contributed by atoms with E-state index in [2.05, 4.69) is 10.3 Å². The number of nitrogens with one attached hydrogen (secondary N) is 1. The Labute approximate surface area is 85.8 Å². The van der Waals surface area contributed by atoms with Crippen molar-refractivity contribution in [2.24, 2.45) is 4.99 Å². The minimum atomic E-state index is -0.166. The summed E-state index contributed by atoms with van der Waals surface area (Å²) >= 11 is 0. The lowest BCUT2D eigenvalue weighted by atomic mass is 10.1. The highest BCUT2D eigenvalue weighted by atomic mass is 16.5. The van der Waals surface area contributed by atoms with Crippen LogP contribution in [0.3, 0.4) is 0 Å². The third kappa shape index (κ3) is 2.03. The summed E-state index contributed by atoms with van der Waals surface area (Å²) in [4.78, 5) is 24.4. The van der Waals surface area contributed by atoms with Crippen molar-refractivity contribution in [2.45, 2.75) is 6.54 Å². The zero-order chi connectivity index (χ0) is 10.7. The molecule has 0 radical (unpaired) electrons. The van der Waals surface area contributed by atoms with E-state index in [1.807, 2.05) is 0 Å². The van der Waals surface area contributed by atoms with Crippen molar-refractivity contribution in [1.29, 1.82) is 0 Å². The molecule has 0 atom stereocenters. The van der Waals surface area contributed by atoms with Gasteiger partial charge in [-0.25, -0.2) is 9.79 Å². The van der Waals surface area contributed by atoms with Crippen LogP contribution in [0.2, 0.25) is 0 Å².